The Morgan fingerprint density at radius 3 is 2.93 bits per heavy atom. The van der Waals surface area contributed by atoms with E-state index in [9.17, 15) is 4.79 Å². The summed E-state index contributed by atoms with van der Waals surface area (Å²) in [7, 11) is 0. The first-order valence-electron chi connectivity index (χ1n) is 5.65. The van der Waals surface area contributed by atoms with E-state index in [0.29, 0.717) is 12.5 Å². The molecule has 0 radical (unpaired) electrons. The number of allylic oxidation sites excluding steroid dienone is 1. The first-order chi connectivity index (χ1) is 6.77. The Morgan fingerprint density at radius 1 is 1.50 bits per heavy atom. The second kappa shape index (κ2) is 5.84. The Bertz CT molecular complexity index is 218. The number of rotatable bonds is 3. The summed E-state index contributed by atoms with van der Waals surface area (Å²) in [6.45, 7) is 4.50. The van der Waals surface area contributed by atoms with Gasteiger partial charge in [0.15, 0.2) is 0 Å². The van der Waals surface area contributed by atoms with Crippen molar-refractivity contribution in [3.05, 3.63) is 11.6 Å². The minimum Gasteiger partial charge on any atom is -0.463 e. The molecule has 1 rings (SSSR count). The lowest BCUT2D eigenvalue weighted by molar-refractivity contribution is -0.137. The molecule has 1 atom stereocenters. The van der Waals surface area contributed by atoms with Crippen molar-refractivity contribution in [2.75, 3.05) is 6.61 Å². The zero-order valence-corrected chi connectivity index (χ0v) is 9.21. The maximum Gasteiger partial charge on any atom is 0.330 e. The zero-order valence-electron chi connectivity index (χ0n) is 9.21. The van der Waals surface area contributed by atoms with E-state index in [4.69, 9.17) is 4.74 Å². The SMILES string of the molecule is CCOC(=O)/C=C1/CCCCC1CC. The number of carbonyl (C=O) groups is 1. The second-order valence-electron chi connectivity index (χ2n) is 3.82. The van der Waals surface area contributed by atoms with Crippen molar-refractivity contribution in [1.29, 1.82) is 0 Å². The van der Waals surface area contributed by atoms with Crippen LogP contribution < -0.4 is 0 Å². The molecule has 1 saturated carbocycles. The highest BCUT2D eigenvalue weighted by molar-refractivity contribution is 5.82. The number of hydrogen-bond donors (Lipinski definition) is 0. The minimum atomic E-state index is -0.164. The first kappa shape index (κ1) is 11.3. The highest BCUT2D eigenvalue weighted by Crippen LogP contribution is 2.31. The molecule has 0 N–H and O–H groups in total. The Kier molecular flexibility index (Phi) is 4.71. The largest absolute Gasteiger partial charge is 0.463 e. The van der Waals surface area contributed by atoms with E-state index in [0.717, 1.165) is 12.8 Å². The van der Waals surface area contributed by atoms with Gasteiger partial charge in [-0.1, -0.05) is 18.9 Å². The summed E-state index contributed by atoms with van der Waals surface area (Å²) < 4.78 is 4.92. The van der Waals surface area contributed by atoms with Gasteiger partial charge in [-0.25, -0.2) is 4.79 Å². The van der Waals surface area contributed by atoms with Gasteiger partial charge in [0.25, 0.3) is 0 Å². The van der Waals surface area contributed by atoms with E-state index in [1.54, 1.807) is 6.08 Å². The summed E-state index contributed by atoms with van der Waals surface area (Å²) in [5.41, 5.74) is 1.30. The van der Waals surface area contributed by atoms with Gasteiger partial charge in [-0.3, -0.25) is 0 Å². The maximum atomic E-state index is 11.3. The first-order valence-corrected chi connectivity index (χ1v) is 5.65. The van der Waals surface area contributed by atoms with Crippen molar-refractivity contribution in [2.45, 2.75) is 46.0 Å². The van der Waals surface area contributed by atoms with Crippen LogP contribution in [0.3, 0.4) is 0 Å². The fourth-order valence-corrected chi connectivity index (χ4v) is 2.10. The molecule has 0 aromatic rings. The summed E-state index contributed by atoms with van der Waals surface area (Å²) >= 11 is 0. The summed E-state index contributed by atoms with van der Waals surface area (Å²) in [4.78, 5) is 11.3. The predicted octanol–water partition coefficient (Wildman–Crippen LogP) is 3.08. The number of ether oxygens (including phenoxy) is 1. The van der Waals surface area contributed by atoms with Gasteiger partial charge < -0.3 is 4.74 Å². The number of esters is 1. The van der Waals surface area contributed by atoms with Crippen molar-refractivity contribution < 1.29 is 9.53 Å². The fraction of sp³-hybridized carbons (Fsp3) is 0.750. The van der Waals surface area contributed by atoms with Crippen LogP contribution in [0.5, 0.6) is 0 Å². The lowest BCUT2D eigenvalue weighted by Gasteiger charge is -2.23. The van der Waals surface area contributed by atoms with Gasteiger partial charge in [0.2, 0.25) is 0 Å². The smallest absolute Gasteiger partial charge is 0.330 e. The summed E-state index contributed by atoms with van der Waals surface area (Å²) in [5.74, 6) is 0.455. The lowest BCUT2D eigenvalue weighted by atomic mass is 9.82. The van der Waals surface area contributed by atoms with Crippen LogP contribution in [0.4, 0.5) is 0 Å². The molecule has 0 aromatic heterocycles. The van der Waals surface area contributed by atoms with Crippen LogP contribution in [0, 0.1) is 5.92 Å². The van der Waals surface area contributed by atoms with E-state index >= 15 is 0 Å². The summed E-state index contributed by atoms with van der Waals surface area (Å²) in [5, 5.41) is 0. The van der Waals surface area contributed by atoms with Crippen LogP contribution in [0.1, 0.15) is 46.0 Å². The van der Waals surface area contributed by atoms with Gasteiger partial charge in [0.1, 0.15) is 0 Å². The van der Waals surface area contributed by atoms with Crippen LogP contribution >= 0.6 is 0 Å². The predicted molar refractivity (Wildman–Crippen MR) is 57.0 cm³/mol. The summed E-state index contributed by atoms with van der Waals surface area (Å²) in [6, 6.07) is 0. The third-order valence-corrected chi connectivity index (χ3v) is 2.88. The van der Waals surface area contributed by atoms with Crippen LogP contribution in [0.15, 0.2) is 11.6 Å². The van der Waals surface area contributed by atoms with E-state index in [1.165, 1.54) is 24.8 Å². The van der Waals surface area contributed by atoms with E-state index in [1.807, 2.05) is 6.92 Å². The van der Waals surface area contributed by atoms with Crippen LogP contribution in [-0.4, -0.2) is 12.6 Å². The monoisotopic (exact) mass is 196 g/mol. The molecular weight excluding hydrogens is 176 g/mol. The molecule has 0 saturated heterocycles. The molecule has 1 unspecified atom stereocenters. The van der Waals surface area contributed by atoms with Gasteiger partial charge in [0.05, 0.1) is 6.61 Å². The Balaban J connectivity index is 2.57. The topological polar surface area (TPSA) is 26.3 Å². The second-order valence-corrected chi connectivity index (χ2v) is 3.82. The van der Waals surface area contributed by atoms with Crippen molar-refractivity contribution in [2.24, 2.45) is 5.92 Å². The maximum absolute atomic E-state index is 11.3. The number of hydrogen-bond acceptors (Lipinski definition) is 2. The Labute approximate surface area is 86.3 Å². The van der Waals surface area contributed by atoms with Gasteiger partial charge in [-0.05, 0) is 38.5 Å². The van der Waals surface area contributed by atoms with Crippen LogP contribution in [-0.2, 0) is 9.53 Å². The third kappa shape index (κ3) is 3.17. The Hall–Kier alpha value is -0.790. The molecule has 0 heterocycles. The number of carbonyl (C=O) groups excluding carboxylic acids is 1. The minimum absolute atomic E-state index is 0.164. The van der Waals surface area contributed by atoms with Gasteiger partial charge in [-0.2, -0.15) is 0 Å². The van der Waals surface area contributed by atoms with Crippen molar-refractivity contribution in [3.8, 4) is 0 Å². The van der Waals surface area contributed by atoms with E-state index in [-0.39, 0.29) is 5.97 Å². The quantitative estimate of drug-likeness (QED) is 0.512. The third-order valence-electron chi connectivity index (χ3n) is 2.88. The molecule has 0 aromatic carbocycles. The lowest BCUT2D eigenvalue weighted by Crippen LogP contribution is -2.11. The van der Waals surface area contributed by atoms with E-state index < -0.39 is 0 Å². The molecule has 1 aliphatic carbocycles. The molecule has 0 aliphatic heterocycles. The van der Waals surface area contributed by atoms with Gasteiger partial charge >= 0.3 is 5.97 Å². The van der Waals surface area contributed by atoms with Crippen molar-refractivity contribution >= 4 is 5.97 Å². The van der Waals surface area contributed by atoms with Crippen LogP contribution in [0.25, 0.3) is 0 Å². The van der Waals surface area contributed by atoms with Crippen molar-refractivity contribution in [1.82, 2.24) is 0 Å². The van der Waals surface area contributed by atoms with Gasteiger partial charge in [-0.15, -0.1) is 0 Å². The molecule has 2 nitrogen and oxygen atoms in total. The molecule has 80 valence electrons. The average Bonchev–Trinajstić information content (AvgIpc) is 2.19. The van der Waals surface area contributed by atoms with E-state index in [2.05, 4.69) is 6.92 Å². The average molecular weight is 196 g/mol. The molecule has 14 heavy (non-hydrogen) atoms. The Morgan fingerprint density at radius 2 is 2.29 bits per heavy atom. The standard InChI is InChI=1S/C12H20O2/c1-3-10-7-5-6-8-11(10)9-12(13)14-4-2/h9-10H,3-8H2,1-2H3/b11-9-. The normalized spacial score (nSPS) is 25.0. The fourth-order valence-electron chi connectivity index (χ4n) is 2.10. The molecule has 0 bridgehead atoms. The van der Waals surface area contributed by atoms with Crippen LogP contribution in [0.2, 0.25) is 0 Å². The highest BCUT2D eigenvalue weighted by Gasteiger charge is 2.17. The zero-order chi connectivity index (χ0) is 10.4. The molecular formula is C12H20O2. The molecule has 0 amide bonds. The highest BCUT2D eigenvalue weighted by atomic mass is 16.5. The molecule has 1 aliphatic rings. The molecule has 1 fully saturated rings. The summed E-state index contributed by atoms with van der Waals surface area (Å²) in [6.07, 6.45) is 7.71. The van der Waals surface area contributed by atoms with Gasteiger partial charge in [0, 0.05) is 6.08 Å². The molecule has 2 heteroatoms. The molecule has 0 spiro atoms. The van der Waals surface area contributed by atoms with Crippen molar-refractivity contribution in [3.63, 3.8) is 0 Å².